The van der Waals surface area contributed by atoms with Crippen molar-refractivity contribution in [3.63, 3.8) is 0 Å². The summed E-state index contributed by atoms with van der Waals surface area (Å²) in [4.78, 5) is 4.26. The van der Waals surface area contributed by atoms with Gasteiger partial charge in [0.25, 0.3) is 5.89 Å². The van der Waals surface area contributed by atoms with Crippen LogP contribution >= 0.6 is 0 Å². The van der Waals surface area contributed by atoms with E-state index in [0.29, 0.717) is 31.5 Å². The van der Waals surface area contributed by atoms with E-state index in [0.717, 1.165) is 19.6 Å². The Labute approximate surface area is 94.3 Å². The molecule has 0 aliphatic carbocycles. The lowest BCUT2D eigenvalue weighted by atomic mass is 10.2. The number of hydrogen-bond acceptors (Lipinski definition) is 6. The second kappa shape index (κ2) is 5.93. The molecule has 2 rings (SSSR count). The van der Waals surface area contributed by atoms with Crippen LogP contribution in [0.3, 0.4) is 0 Å². The molecule has 1 fully saturated rings. The lowest BCUT2D eigenvalue weighted by Gasteiger charge is -2.20. The summed E-state index contributed by atoms with van der Waals surface area (Å²) in [5.74, 6) is 1.17. The van der Waals surface area contributed by atoms with Gasteiger partial charge in [-0.05, 0) is 6.42 Å². The molecule has 1 aromatic rings. The Morgan fingerprint density at radius 1 is 1.56 bits per heavy atom. The van der Waals surface area contributed by atoms with Crippen LogP contribution in [0.25, 0.3) is 0 Å². The van der Waals surface area contributed by atoms with Crippen molar-refractivity contribution in [2.24, 2.45) is 0 Å². The Morgan fingerprint density at radius 3 is 3.25 bits per heavy atom. The van der Waals surface area contributed by atoms with Gasteiger partial charge in [0, 0.05) is 13.2 Å². The lowest BCUT2D eigenvalue weighted by molar-refractivity contribution is 0.0734. The summed E-state index contributed by atoms with van der Waals surface area (Å²) >= 11 is 0. The first-order valence-corrected chi connectivity index (χ1v) is 5.61. The van der Waals surface area contributed by atoms with E-state index >= 15 is 0 Å². The Morgan fingerprint density at radius 2 is 2.50 bits per heavy atom. The molecule has 0 spiro atoms. The largest absolute Gasteiger partial charge is 0.378 e. The van der Waals surface area contributed by atoms with Crippen molar-refractivity contribution in [2.45, 2.75) is 26.0 Å². The Bertz CT molecular complexity index is 310. The van der Waals surface area contributed by atoms with E-state index in [1.54, 1.807) is 0 Å². The average Bonchev–Trinajstić information content (AvgIpc) is 2.79. The van der Waals surface area contributed by atoms with E-state index in [2.05, 4.69) is 22.4 Å². The monoisotopic (exact) mass is 227 g/mol. The molecule has 90 valence electrons. The van der Waals surface area contributed by atoms with Gasteiger partial charge in [0.2, 0.25) is 0 Å². The predicted octanol–water partition coefficient (Wildman–Crippen LogP) is 0.657. The SMILES string of the molecule is CCCOCc1nc(C2COCCN2)no1. The first-order valence-electron chi connectivity index (χ1n) is 5.61. The van der Waals surface area contributed by atoms with E-state index < -0.39 is 0 Å². The summed E-state index contributed by atoms with van der Waals surface area (Å²) in [5.41, 5.74) is 0. The molecule has 6 nitrogen and oxygen atoms in total. The number of hydrogen-bond donors (Lipinski definition) is 1. The van der Waals surface area contributed by atoms with E-state index in [-0.39, 0.29) is 6.04 Å². The van der Waals surface area contributed by atoms with Crippen molar-refractivity contribution < 1.29 is 14.0 Å². The highest BCUT2D eigenvalue weighted by molar-refractivity contribution is 4.94. The molecule has 6 heteroatoms. The first-order chi connectivity index (χ1) is 7.90. The van der Waals surface area contributed by atoms with Gasteiger partial charge in [-0.2, -0.15) is 4.98 Å². The molecule has 0 saturated carbocycles. The highest BCUT2D eigenvalue weighted by atomic mass is 16.5. The molecule has 1 saturated heterocycles. The Hall–Kier alpha value is -0.980. The molecule has 0 bridgehead atoms. The van der Waals surface area contributed by atoms with Crippen molar-refractivity contribution in [1.82, 2.24) is 15.5 Å². The molecule has 1 aliphatic heterocycles. The van der Waals surface area contributed by atoms with Gasteiger partial charge in [-0.3, -0.25) is 0 Å². The topological polar surface area (TPSA) is 69.4 Å². The number of aromatic nitrogens is 2. The van der Waals surface area contributed by atoms with Crippen LogP contribution in [0.5, 0.6) is 0 Å². The zero-order valence-corrected chi connectivity index (χ0v) is 9.44. The van der Waals surface area contributed by atoms with Gasteiger partial charge in [0.1, 0.15) is 6.61 Å². The highest BCUT2D eigenvalue weighted by Gasteiger charge is 2.20. The lowest BCUT2D eigenvalue weighted by Crippen LogP contribution is -2.35. The van der Waals surface area contributed by atoms with Crippen molar-refractivity contribution in [3.05, 3.63) is 11.7 Å². The highest BCUT2D eigenvalue weighted by Crippen LogP contribution is 2.12. The molecule has 0 aromatic carbocycles. The molecule has 2 heterocycles. The van der Waals surface area contributed by atoms with Crippen LogP contribution in [-0.2, 0) is 16.1 Å². The summed E-state index contributed by atoms with van der Waals surface area (Å²) in [5, 5.41) is 7.18. The molecule has 1 unspecified atom stereocenters. The second-order valence-corrected chi connectivity index (χ2v) is 3.68. The fourth-order valence-corrected chi connectivity index (χ4v) is 1.50. The van der Waals surface area contributed by atoms with E-state index in [1.165, 1.54) is 0 Å². The number of nitrogens with zero attached hydrogens (tertiary/aromatic N) is 2. The van der Waals surface area contributed by atoms with Crippen LogP contribution in [0.15, 0.2) is 4.52 Å². The second-order valence-electron chi connectivity index (χ2n) is 3.68. The summed E-state index contributed by atoms with van der Waals surface area (Å²) in [6.45, 7) is 5.30. The summed E-state index contributed by atoms with van der Waals surface area (Å²) in [7, 11) is 0. The van der Waals surface area contributed by atoms with Gasteiger partial charge in [-0.1, -0.05) is 12.1 Å². The third-order valence-corrected chi connectivity index (χ3v) is 2.29. The summed E-state index contributed by atoms with van der Waals surface area (Å²) in [6, 6.07) is 0.0393. The minimum atomic E-state index is 0.0393. The molecule has 0 radical (unpaired) electrons. The fraction of sp³-hybridized carbons (Fsp3) is 0.800. The van der Waals surface area contributed by atoms with Crippen molar-refractivity contribution in [3.8, 4) is 0 Å². The number of morpholine rings is 1. The van der Waals surface area contributed by atoms with Crippen LogP contribution in [-0.4, -0.2) is 36.5 Å². The van der Waals surface area contributed by atoms with Crippen LogP contribution in [0.2, 0.25) is 0 Å². The molecular weight excluding hydrogens is 210 g/mol. The third-order valence-electron chi connectivity index (χ3n) is 2.29. The first kappa shape index (κ1) is 11.5. The average molecular weight is 227 g/mol. The smallest absolute Gasteiger partial charge is 0.252 e. The van der Waals surface area contributed by atoms with Gasteiger partial charge in [-0.25, -0.2) is 0 Å². The van der Waals surface area contributed by atoms with E-state index in [4.69, 9.17) is 14.0 Å². The standard InChI is InChI=1S/C10H17N3O3/c1-2-4-14-7-9-12-10(13-16-9)8-6-15-5-3-11-8/h8,11H,2-7H2,1H3. The molecule has 1 atom stereocenters. The van der Waals surface area contributed by atoms with Crippen molar-refractivity contribution >= 4 is 0 Å². The molecule has 1 aliphatic rings. The van der Waals surface area contributed by atoms with Crippen LogP contribution in [0.1, 0.15) is 31.1 Å². The third kappa shape index (κ3) is 3.01. The minimum Gasteiger partial charge on any atom is -0.378 e. The maximum atomic E-state index is 5.33. The van der Waals surface area contributed by atoms with E-state index in [9.17, 15) is 0 Å². The normalized spacial score (nSPS) is 21.2. The number of rotatable bonds is 5. The Kier molecular flexibility index (Phi) is 4.26. The maximum Gasteiger partial charge on any atom is 0.252 e. The zero-order valence-electron chi connectivity index (χ0n) is 9.44. The quantitative estimate of drug-likeness (QED) is 0.745. The van der Waals surface area contributed by atoms with Crippen molar-refractivity contribution in [1.29, 1.82) is 0 Å². The number of nitrogens with one attached hydrogen (secondary N) is 1. The number of ether oxygens (including phenoxy) is 2. The van der Waals surface area contributed by atoms with Crippen LogP contribution < -0.4 is 5.32 Å². The van der Waals surface area contributed by atoms with Crippen LogP contribution in [0, 0.1) is 0 Å². The predicted molar refractivity (Wildman–Crippen MR) is 55.8 cm³/mol. The van der Waals surface area contributed by atoms with Crippen LogP contribution in [0.4, 0.5) is 0 Å². The van der Waals surface area contributed by atoms with Gasteiger partial charge in [-0.15, -0.1) is 0 Å². The van der Waals surface area contributed by atoms with Gasteiger partial charge in [0.15, 0.2) is 5.82 Å². The van der Waals surface area contributed by atoms with Gasteiger partial charge in [0.05, 0.1) is 19.3 Å². The Balaban J connectivity index is 1.85. The maximum absolute atomic E-state index is 5.33. The summed E-state index contributed by atoms with van der Waals surface area (Å²) < 4.78 is 15.7. The fourth-order valence-electron chi connectivity index (χ4n) is 1.50. The molecule has 16 heavy (non-hydrogen) atoms. The van der Waals surface area contributed by atoms with E-state index in [1.807, 2.05) is 0 Å². The molecule has 0 amide bonds. The molecule has 1 aromatic heterocycles. The van der Waals surface area contributed by atoms with Gasteiger partial charge >= 0.3 is 0 Å². The van der Waals surface area contributed by atoms with Crippen molar-refractivity contribution in [2.75, 3.05) is 26.4 Å². The summed E-state index contributed by atoms with van der Waals surface area (Å²) in [6.07, 6.45) is 0.985. The van der Waals surface area contributed by atoms with Gasteiger partial charge < -0.3 is 19.3 Å². The minimum absolute atomic E-state index is 0.0393. The molecule has 1 N–H and O–H groups in total. The zero-order chi connectivity index (χ0) is 11.2. The molecular formula is C10H17N3O3.